The minimum atomic E-state index is -2.40. The van der Waals surface area contributed by atoms with Gasteiger partial charge in [-0.2, -0.15) is 8.78 Å². The Balaban J connectivity index is 0.933. The molecule has 2 aromatic heterocycles. The minimum absolute atomic E-state index is 0.0368. The van der Waals surface area contributed by atoms with Crippen molar-refractivity contribution in [1.29, 1.82) is 0 Å². The van der Waals surface area contributed by atoms with Crippen LogP contribution in [0.5, 0.6) is 5.75 Å². The number of carbonyl (C=O) groups excluding carboxylic acids is 4. The second-order valence-corrected chi connectivity index (χ2v) is 20.3. The van der Waals surface area contributed by atoms with Crippen molar-refractivity contribution in [3.05, 3.63) is 52.9 Å². The third-order valence-corrected chi connectivity index (χ3v) is 13.3. The standard InChI is InChI=1S/C53H82F5N11O21/c1-31(72)61-45-49(78)47(76)36(27-70)88-52(45)59-7-3-33-25-68(66-64-33)9-13-82-17-19-84-21-23-86-29-35(63-38(74)5-11-80-15-16-81-12-6-39(75)90-51-43(57)41(55)40(54)42(56)44(51)58)30-87-24-22-85-20-18-83-14-10-69-26-34(65-67-69)4-8-60-53-46(62-32(2)73)50(79)48(77)37(28-71)89-53/h25-26,35-37,45-50,52-53,59-60,70-71,76-79H,3-24,27-30H2,1-2H3,(H,61,72)(H,62,73)(H,63,74)/t36-,37-,45-,46-,47+,48+,49-,50-,52-,53-/m1/s1. The molecule has 0 saturated carbocycles. The van der Waals surface area contributed by atoms with Crippen LogP contribution in [0, 0.1) is 29.1 Å². The first kappa shape index (κ1) is 75.0. The van der Waals surface area contributed by atoms with E-state index in [9.17, 15) is 71.8 Å². The SMILES string of the molecule is CC(=O)N[C@@H]1[C@@H](O)[C@@H](O)[C@@H](CO)O[C@H]1NCCc1cn(CCOCCOCCOCC(COCCOCCOCCn2cc(CCN[C@@H]3O[C@H](CO)[C@H](O)[C@H](O)[C@H]3NC(C)=O)nn2)NC(=O)CCOCCOCCC(=O)Oc2c(F)c(F)c(F)c(F)c2F)nn1. The van der Waals surface area contributed by atoms with E-state index in [0.29, 0.717) is 63.6 Å². The third-order valence-electron chi connectivity index (χ3n) is 13.3. The fraction of sp³-hybridized carbons (Fsp3) is 0.736. The number of hydrogen-bond donors (Lipinski definition) is 11. The summed E-state index contributed by atoms with van der Waals surface area (Å²) in [5.41, 5.74) is 1.28. The van der Waals surface area contributed by atoms with Crippen LogP contribution in [-0.4, -0.2) is 284 Å². The number of rotatable bonds is 45. The summed E-state index contributed by atoms with van der Waals surface area (Å²) in [6.07, 6.45) is -5.82. The number of esters is 1. The van der Waals surface area contributed by atoms with Crippen molar-refractivity contribution in [2.75, 3.05) is 132 Å². The lowest BCUT2D eigenvalue weighted by molar-refractivity contribution is -0.202. The lowest BCUT2D eigenvalue weighted by Crippen LogP contribution is -2.67. The van der Waals surface area contributed by atoms with Crippen molar-refractivity contribution in [3.8, 4) is 5.75 Å². The molecule has 0 aliphatic carbocycles. The molecule has 11 N–H and O–H groups in total. The van der Waals surface area contributed by atoms with Gasteiger partial charge < -0.3 is 98.7 Å². The highest BCUT2D eigenvalue weighted by atomic mass is 19.2. The van der Waals surface area contributed by atoms with Gasteiger partial charge in [0.15, 0.2) is 0 Å². The van der Waals surface area contributed by atoms with Gasteiger partial charge in [-0.1, -0.05) is 10.4 Å². The Morgan fingerprint density at radius 1 is 0.533 bits per heavy atom. The zero-order valence-electron chi connectivity index (χ0n) is 49.8. The van der Waals surface area contributed by atoms with Gasteiger partial charge in [-0.25, -0.2) is 22.5 Å². The normalized spacial score (nSPS) is 22.1. The van der Waals surface area contributed by atoms with Crippen LogP contribution in [0.4, 0.5) is 22.0 Å². The highest BCUT2D eigenvalue weighted by Gasteiger charge is 2.46. The smallest absolute Gasteiger partial charge is 0.313 e. The van der Waals surface area contributed by atoms with Crippen molar-refractivity contribution in [1.82, 2.24) is 56.6 Å². The van der Waals surface area contributed by atoms with Gasteiger partial charge in [0.05, 0.1) is 168 Å². The molecule has 10 atom stereocenters. The van der Waals surface area contributed by atoms with Crippen molar-refractivity contribution in [2.45, 2.75) is 120 Å². The molecule has 4 heterocycles. The van der Waals surface area contributed by atoms with E-state index in [-0.39, 0.29) is 98.9 Å². The number of nitrogens with one attached hydrogen (secondary N) is 5. The number of benzene rings is 1. The van der Waals surface area contributed by atoms with E-state index in [1.807, 2.05) is 0 Å². The van der Waals surface area contributed by atoms with Crippen molar-refractivity contribution in [3.63, 3.8) is 0 Å². The Hall–Kier alpha value is -5.69. The molecule has 510 valence electrons. The Labute approximate surface area is 513 Å². The van der Waals surface area contributed by atoms with Crippen LogP contribution >= 0.6 is 0 Å². The van der Waals surface area contributed by atoms with Gasteiger partial charge in [0.25, 0.3) is 0 Å². The third kappa shape index (κ3) is 25.8. The van der Waals surface area contributed by atoms with Gasteiger partial charge in [0, 0.05) is 58.6 Å². The summed E-state index contributed by atoms with van der Waals surface area (Å²) < 4.78 is 131. The van der Waals surface area contributed by atoms with Gasteiger partial charge in [-0.05, 0) is 0 Å². The fourth-order valence-electron chi connectivity index (χ4n) is 8.74. The Morgan fingerprint density at radius 2 is 0.911 bits per heavy atom. The lowest BCUT2D eigenvalue weighted by atomic mass is 9.96. The maximum atomic E-state index is 13.8. The van der Waals surface area contributed by atoms with Gasteiger partial charge in [-0.3, -0.25) is 29.8 Å². The van der Waals surface area contributed by atoms with Gasteiger partial charge in [0.2, 0.25) is 52.6 Å². The molecular formula is C53H82F5N11O21. The summed E-state index contributed by atoms with van der Waals surface area (Å²) in [6.45, 7) is 4.80. The molecule has 0 spiro atoms. The molecule has 37 heteroatoms. The highest BCUT2D eigenvalue weighted by molar-refractivity contribution is 5.76. The number of aromatic nitrogens is 6. The van der Waals surface area contributed by atoms with Crippen LogP contribution in [0.25, 0.3) is 0 Å². The van der Waals surface area contributed by atoms with Crippen LogP contribution in [0.2, 0.25) is 0 Å². The van der Waals surface area contributed by atoms with Crippen LogP contribution in [0.3, 0.4) is 0 Å². The first-order chi connectivity index (χ1) is 43.3. The van der Waals surface area contributed by atoms with Gasteiger partial charge in [-0.15, -0.1) is 10.2 Å². The summed E-state index contributed by atoms with van der Waals surface area (Å²) >= 11 is 0. The number of aliphatic hydroxyl groups excluding tert-OH is 6. The van der Waals surface area contributed by atoms with Crippen molar-refractivity contribution >= 4 is 23.7 Å². The van der Waals surface area contributed by atoms with E-state index in [1.165, 1.54) is 13.8 Å². The number of nitrogens with zero attached hydrogens (tertiary/aromatic N) is 6. The van der Waals surface area contributed by atoms with E-state index in [0.717, 1.165) is 0 Å². The monoisotopic (exact) mass is 1300 g/mol. The highest BCUT2D eigenvalue weighted by Crippen LogP contribution is 2.29. The molecule has 3 aromatic rings. The van der Waals surface area contributed by atoms with Crippen molar-refractivity contribution < 1.29 is 124 Å². The second-order valence-electron chi connectivity index (χ2n) is 20.3. The zero-order chi connectivity index (χ0) is 65.4. The molecule has 0 unspecified atom stereocenters. The number of carbonyl (C=O) groups is 4. The van der Waals surface area contributed by atoms with Crippen LogP contribution in [0.15, 0.2) is 12.4 Å². The van der Waals surface area contributed by atoms with Crippen LogP contribution in [0.1, 0.15) is 38.1 Å². The van der Waals surface area contributed by atoms with E-state index in [4.69, 9.17) is 47.4 Å². The molecule has 2 fully saturated rings. The predicted octanol–water partition coefficient (Wildman–Crippen LogP) is -4.58. The summed E-state index contributed by atoms with van der Waals surface area (Å²) in [5.74, 6) is -15.8. The topological polar surface area (TPSA) is 413 Å². The molecule has 32 nitrogen and oxygen atoms in total. The summed E-state index contributed by atoms with van der Waals surface area (Å²) in [4.78, 5) is 48.2. The molecule has 5 rings (SSSR count). The zero-order valence-corrected chi connectivity index (χ0v) is 49.8. The first-order valence-corrected chi connectivity index (χ1v) is 29.0. The molecule has 2 aliphatic heterocycles. The van der Waals surface area contributed by atoms with Crippen molar-refractivity contribution in [2.24, 2.45) is 0 Å². The predicted molar refractivity (Wildman–Crippen MR) is 294 cm³/mol. The summed E-state index contributed by atoms with van der Waals surface area (Å²) in [5, 5.41) is 91.2. The average molecular weight is 1300 g/mol. The van der Waals surface area contributed by atoms with E-state index >= 15 is 0 Å². The Kier molecular flexibility index (Phi) is 34.2. The number of hydrogen-bond acceptors (Lipinski definition) is 27. The first-order valence-electron chi connectivity index (χ1n) is 29.0. The summed E-state index contributed by atoms with van der Waals surface area (Å²) in [7, 11) is 0. The number of halogens is 5. The molecule has 2 saturated heterocycles. The average Bonchev–Trinajstić information content (AvgIpc) is 1.30. The van der Waals surface area contributed by atoms with Gasteiger partial charge in [0.1, 0.15) is 49.1 Å². The molecule has 0 radical (unpaired) electrons. The number of amides is 3. The molecule has 1 aromatic carbocycles. The van der Waals surface area contributed by atoms with Gasteiger partial charge >= 0.3 is 5.97 Å². The fourth-order valence-corrected chi connectivity index (χ4v) is 8.74. The molecule has 90 heavy (non-hydrogen) atoms. The second kappa shape index (κ2) is 41.0. The quantitative estimate of drug-likeness (QED) is 0.00634. The largest absolute Gasteiger partial charge is 0.420 e. The maximum Gasteiger partial charge on any atom is 0.313 e. The maximum absolute atomic E-state index is 13.8. The van der Waals surface area contributed by atoms with E-state index < -0.39 is 145 Å². The molecule has 0 bridgehead atoms. The van der Waals surface area contributed by atoms with Crippen LogP contribution in [-0.2, 0) is 92.5 Å². The Bertz CT molecular complexity index is 2470. The van der Waals surface area contributed by atoms with E-state index in [2.05, 4.69) is 51.9 Å². The lowest BCUT2D eigenvalue weighted by Gasteiger charge is -2.42. The number of aliphatic hydroxyl groups is 6. The molecule has 3 amide bonds. The summed E-state index contributed by atoms with van der Waals surface area (Å²) in [6, 6.07) is -2.52. The van der Waals surface area contributed by atoms with E-state index in [1.54, 1.807) is 21.8 Å². The molecule has 2 aliphatic rings. The minimum Gasteiger partial charge on any atom is -0.420 e. The number of ether oxygens (including phenoxy) is 11. The van der Waals surface area contributed by atoms with Crippen LogP contribution < -0.4 is 31.3 Å². The molecular weight excluding hydrogens is 1220 g/mol. The Morgan fingerprint density at radius 3 is 1.32 bits per heavy atom.